The lowest BCUT2D eigenvalue weighted by Gasteiger charge is -2.07. The van der Waals surface area contributed by atoms with Crippen molar-refractivity contribution in [2.24, 2.45) is 5.73 Å². The van der Waals surface area contributed by atoms with Crippen LogP contribution in [0.3, 0.4) is 0 Å². The quantitative estimate of drug-likeness (QED) is 0.828. The number of fused-ring (bicyclic) bond motifs is 1. The first kappa shape index (κ1) is 12.2. The summed E-state index contributed by atoms with van der Waals surface area (Å²) in [6, 6.07) is 5.07. The maximum absolute atomic E-state index is 11.5. The van der Waals surface area contributed by atoms with E-state index in [-0.39, 0.29) is 12.2 Å². The molecule has 0 aliphatic heterocycles. The minimum atomic E-state index is -0.559. The van der Waals surface area contributed by atoms with E-state index in [0.717, 1.165) is 10.9 Å². The first-order valence-corrected chi connectivity index (χ1v) is 5.44. The Labute approximate surface area is 103 Å². The number of benzene rings is 1. The molecule has 5 heteroatoms. The van der Waals surface area contributed by atoms with Gasteiger partial charge in [0.05, 0.1) is 0 Å². The first-order valence-electron chi connectivity index (χ1n) is 5.44. The van der Waals surface area contributed by atoms with Crippen LogP contribution in [-0.2, 0) is 4.79 Å². The van der Waals surface area contributed by atoms with Crippen LogP contribution in [0.2, 0.25) is 0 Å². The van der Waals surface area contributed by atoms with E-state index in [1.54, 1.807) is 25.1 Å². The monoisotopic (exact) mass is 247 g/mol. The largest absolute Gasteiger partial charge is 0.484 e. The summed E-state index contributed by atoms with van der Waals surface area (Å²) in [5, 5.41) is 0.846. The zero-order chi connectivity index (χ0) is 13.3. The molecule has 0 fully saturated rings. The molecule has 0 unspecified atom stereocenters. The van der Waals surface area contributed by atoms with Gasteiger partial charge >= 0.3 is 5.63 Å². The summed E-state index contributed by atoms with van der Waals surface area (Å²) in [5.74, 6) is -0.121. The second kappa shape index (κ2) is 4.52. The van der Waals surface area contributed by atoms with E-state index in [4.69, 9.17) is 14.9 Å². The third-order valence-corrected chi connectivity index (χ3v) is 2.81. The molecule has 0 bridgehead atoms. The van der Waals surface area contributed by atoms with E-state index in [0.29, 0.717) is 16.9 Å². The van der Waals surface area contributed by atoms with Crippen LogP contribution >= 0.6 is 0 Å². The molecule has 18 heavy (non-hydrogen) atoms. The summed E-state index contributed by atoms with van der Waals surface area (Å²) in [6.45, 7) is 3.37. The van der Waals surface area contributed by atoms with Gasteiger partial charge in [0.2, 0.25) is 0 Å². The van der Waals surface area contributed by atoms with Gasteiger partial charge in [-0.3, -0.25) is 4.79 Å². The van der Waals surface area contributed by atoms with Crippen molar-refractivity contribution in [3.63, 3.8) is 0 Å². The van der Waals surface area contributed by atoms with Crippen LogP contribution < -0.4 is 16.1 Å². The molecule has 0 aliphatic rings. The molecule has 2 aromatic rings. The molecule has 1 aromatic heterocycles. The Morgan fingerprint density at radius 2 is 2.06 bits per heavy atom. The fourth-order valence-electron chi connectivity index (χ4n) is 1.67. The standard InChI is InChI=1S/C13H13NO4/c1-7-8(2)13(16)18-11-5-9(3-4-10(7)11)17-6-12(14)15/h3-5H,6H2,1-2H3,(H2,14,15). The van der Waals surface area contributed by atoms with E-state index < -0.39 is 5.91 Å². The molecule has 0 atom stereocenters. The minimum absolute atomic E-state index is 0.208. The van der Waals surface area contributed by atoms with Gasteiger partial charge in [-0.15, -0.1) is 0 Å². The Balaban J connectivity index is 2.49. The number of primary amides is 1. The Morgan fingerprint density at radius 1 is 1.33 bits per heavy atom. The van der Waals surface area contributed by atoms with Gasteiger partial charge in [-0.2, -0.15) is 0 Å². The SMILES string of the molecule is Cc1c(C)c2ccc(OCC(N)=O)cc2oc1=O. The number of rotatable bonds is 3. The van der Waals surface area contributed by atoms with Crippen molar-refractivity contribution in [1.29, 1.82) is 0 Å². The molecule has 0 saturated heterocycles. The van der Waals surface area contributed by atoms with E-state index >= 15 is 0 Å². The van der Waals surface area contributed by atoms with Crippen molar-refractivity contribution in [1.82, 2.24) is 0 Å². The van der Waals surface area contributed by atoms with Crippen LogP contribution in [0.25, 0.3) is 11.0 Å². The van der Waals surface area contributed by atoms with Gasteiger partial charge in [0.25, 0.3) is 5.91 Å². The van der Waals surface area contributed by atoms with E-state index in [1.165, 1.54) is 0 Å². The van der Waals surface area contributed by atoms with Gasteiger partial charge in [-0.05, 0) is 31.5 Å². The summed E-state index contributed by atoms with van der Waals surface area (Å²) in [7, 11) is 0. The Morgan fingerprint density at radius 3 is 2.72 bits per heavy atom. The molecule has 0 saturated carbocycles. The summed E-state index contributed by atoms with van der Waals surface area (Å²) in [4.78, 5) is 22.2. The molecule has 1 amide bonds. The molecule has 2 rings (SSSR count). The number of nitrogens with two attached hydrogens (primary N) is 1. The fraction of sp³-hybridized carbons (Fsp3) is 0.231. The lowest BCUT2D eigenvalue weighted by Crippen LogP contribution is -2.20. The zero-order valence-electron chi connectivity index (χ0n) is 10.1. The van der Waals surface area contributed by atoms with Gasteiger partial charge < -0.3 is 14.9 Å². The number of carbonyl (C=O) groups is 1. The van der Waals surface area contributed by atoms with Gasteiger partial charge in [-0.25, -0.2) is 4.79 Å². The lowest BCUT2D eigenvalue weighted by molar-refractivity contribution is -0.119. The lowest BCUT2D eigenvalue weighted by atomic mass is 10.1. The number of aryl methyl sites for hydroxylation is 1. The summed E-state index contributed by atoms with van der Waals surface area (Å²) < 4.78 is 10.3. The van der Waals surface area contributed by atoms with E-state index in [1.807, 2.05) is 6.92 Å². The predicted octanol–water partition coefficient (Wildman–Crippen LogP) is 1.27. The highest BCUT2D eigenvalue weighted by Crippen LogP contribution is 2.23. The average Bonchev–Trinajstić information content (AvgIpc) is 2.33. The molecule has 2 N–H and O–H groups in total. The van der Waals surface area contributed by atoms with Crippen molar-refractivity contribution < 1.29 is 13.9 Å². The highest BCUT2D eigenvalue weighted by molar-refractivity contribution is 5.82. The van der Waals surface area contributed by atoms with Crippen molar-refractivity contribution in [2.75, 3.05) is 6.61 Å². The van der Waals surface area contributed by atoms with Crippen LogP contribution in [0.15, 0.2) is 27.4 Å². The average molecular weight is 247 g/mol. The van der Waals surface area contributed by atoms with Gasteiger partial charge in [-0.1, -0.05) is 0 Å². The predicted molar refractivity (Wildman–Crippen MR) is 66.6 cm³/mol. The van der Waals surface area contributed by atoms with E-state index in [9.17, 15) is 9.59 Å². The number of amides is 1. The molecule has 0 spiro atoms. The number of carbonyl (C=O) groups excluding carboxylic acids is 1. The van der Waals surface area contributed by atoms with Crippen LogP contribution in [0, 0.1) is 13.8 Å². The van der Waals surface area contributed by atoms with Crippen LogP contribution in [0.4, 0.5) is 0 Å². The Hall–Kier alpha value is -2.30. The molecule has 5 nitrogen and oxygen atoms in total. The van der Waals surface area contributed by atoms with Gasteiger partial charge in [0, 0.05) is 17.0 Å². The van der Waals surface area contributed by atoms with Gasteiger partial charge in [0.1, 0.15) is 11.3 Å². The third-order valence-electron chi connectivity index (χ3n) is 2.81. The molecule has 0 aliphatic carbocycles. The van der Waals surface area contributed by atoms with Crippen molar-refractivity contribution in [2.45, 2.75) is 13.8 Å². The smallest absolute Gasteiger partial charge is 0.339 e. The molecule has 0 radical (unpaired) electrons. The Bertz CT molecular complexity index is 672. The topological polar surface area (TPSA) is 82.5 Å². The molecular formula is C13H13NO4. The molecule has 1 heterocycles. The van der Waals surface area contributed by atoms with Crippen molar-refractivity contribution in [3.05, 3.63) is 39.7 Å². The number of hydrogen-bond acceptors (Lipinski definition) is 4. The Kier molecular flexibility index (Phi) is 3.06. The van der Waals surface area contributed by atoms with Crippen molar-refractivity contribution in [3.8, 4) is 5.75 Å². The highest BCUT2D eigenvalue weighted by Gasteiger charge is 2.08. The fourth-order valence-corrected chi connectivity index (χ4v) is 1.67. The maximum atomic E-state index is 11.5. The van der Waals surface area contributed by atoms with Crippen LogP contribution in [-0.4, -0.2) is 12.5 Å². The maximum Gasteiger partial charge on any atom is 0.339 e. The number of hydrogen-bond donors (Lipinski definition) is 1. The first-order chi connectivity index (χ1) is 8.49. The second-order valence-electron chi connectivity index (χ2n) is 4.05. The minimum Gasteiger partial charge on any atom is -0.484 e. The van der Waals surface area contributed by atoms with Crippen molar-refractivity contribution >= 4 is 16.9 Å². The summed E-state index contributed by atoms with van der Waals surface area (Å²) >= 11 is 0. The summed E-state index contributed by atoms with van der Waals surface area (Å²) in [5.41, 5.74) is 6.52. The third kappa shape index (κ3) is 2.20. The molecule has 1 aromatic carbocycles. The normalized spacial score (nSPS) is 10.6. The second-order valence-corrected chi connectivity index (χ2v) is 4.05. The van der Waals surface area contributed by atoms with Gasteiger partial charge in [0.15, 0.2) is 6.61 Å². The highest BCUT2D eigenvalue weighted by atomic mass is 16.5. The van der Waals surface area contributed by atoms with Crippen LogP contribution in [0.1, 0.15) is 11.1 Å². The zero-order valence-corrected chi connectivity index (χ0v) is 10.1. The molecular weight excluding hydrogens is 234 g/mol. The summed E-state index contributed by atoms with van der Waals surface area (Å²) in [6.07, 6.45) is 0. The molecule has 94 valence electrons. The van der Waals surface area contributed by atoms with Crippen LogP contribution in [0.5, 0.6) is 5.75 Å². The number of ether oxygens (including phenoxy) is 1. The van der Waals surface area contributed by atoms with E-state index in [2.05, 4.69) is 0 Å².